The quantitative estimate of drug-likeness (QED) is 0.214. The van der Waals surface area contributed by atoms with E-state index in [9.17, 15) is 9.90 Å². The molecule has 3 aromatic carbocycles. The molecule has 46 heavy (non-hydrogen) atoms. The van der Waals surface area contributed by atoms with Crippen LogP contribution in [-0.2, 0) is 6.42 Å². The van der Waals surface area contributed by atoms with Gasteiger partial charge in [0.05, 0.1) is 6.10 Å². The number of aliphatic hydroxyl groups is 1. The van der Waals surface area contributed by atoms with Crippen LogP contribution in [0.2, 0.25) is 0 Å². The summed E-state index contributed by atoms with van der Waals surface area (Å²) in [5.74, 6) is 4.39. The van der Waals surface area contributed by atoms with Crippen molar-refractivity contribution in [1.29, 1.82) is 0 Å². The van der Waals surface area contributed by atoms with Crippen LogP contribution in [0.5, 0.6) is 5.75 Å². The Morgan fingerprint density at radius 2 is 1.54 bits per heavy atom. The highest BCUT2D eigenvalue weighted by Gasteiger charge is 2.54. The van der Waals surface area contributed by atoms with E-state index in [1.807, 2.05) is 12.1 Å². The molecule has 0 radical (unpaired) electrons. The summed E-state index contributed by atoms with van der Waals surface area (Å²) in [4.78, 5) is 16.2. The normalized spacial score (nSPS) is 24.7. The maximum absolute atomic E-state index is 12.4. The fourth-order valence-corrected chi connectivity index (χ4v) is 9.02. The van der Waals surface area contributed by atoms with Crippen LogP contribution in [0.15, 0.2) is 60.7 Å². The highest BCUT2D eigenvalue weighted by atomic mass is 35.5. The lowest BCUT2D eigenvalue weighted by molar-refractivity contribution is -0.0226. The van der Waals surface area contributed by atoms with Crippen LogP contribution in [-0.4, -0.2) is 71.9 Å². The standard InChI is InChI=1S/C23H31Cl2NO3.C14H15Cl2N/c1-23-9-8-18-17-5-3-16(29-22(28)26(12-10-24)13-11-25)14-15(17)2-4-19(18)20(23)6-7-21(23)27;15-7-9-17(10-8-16)14-6-5-12-3-1-2-4-13(12)11-14/h3,5,14,18-21,27H,2,4,6-13H2,1H3;1-6,11H,7-10H2/t18-,19-,20+,21+,23+;/m1./s1. The molecule has 5 nitrogen and oxygen atoms in total. The highest BCUT2D eigenvalue weighted by molar-refractivity contribution is 6.19. The van der Waals surface area contributed by atoms with Crippen LogP contribution in [0.1, 0.15) is 56.1 Å². The van der Waals surface area contributed by atoms with Crippen molar-refractivity contribution >= 4 is 69.0 Å². The minimum atomic E-state index is -0.395. The van der Waals surface area contributed by atoms with E-state index in [-0.39, 0.29) is 11.5 Å². The van der Waals surface area contributed by atoms with E-state index in [4.69, 9.17) is 51.1 Å². The molecule has 250 valence electrons. The molecule has 3 aromatic rings. The van der Waals surface area contributed by atoms with Crippen molar-refractivity contribution in [2.75, 3.05) is 54.6 Å². The summed E-state index contributed by atoms with van der Waals surface area (Å²) < 4.78 is 5.62. The van der Waals surface area contributed by atoms with Gasteiger partial charge >= 0.3 is 6.09 Å². The Morgan fingerprint density at radius 3 is 2.24 bits per heavy atom. The predicted molar refractivity (Wildman–Crippen MR) is 194 cm³/mol. The monoisotopic (exact) mass is 706 g/mol. The minimum absolute atomic E-state index is 0.0996. The average molecular weight is 709 g/mol. The number of ether oxygens (including phenoxy) is 1. The van der Waals surface area contributed by atoms with Gasteiger partial charge in [0.15, 0.2) is 0 Å². The number of alkyl halides is 4. The summed E-state index contributed by atoms with van der Waals surface area (Å²) in [6.45, 7) is 4.80. The Hall–Kier alpha value is -1.89. The summed E-state index contributed by atoms with van der Waals surface area (Å²) >= 11 is 23.2. The number of hydrogen-bond donors (Lipinski definition) is 1. The summed E-state index contributed by atoms with van der Waals surface area (Å²) in [5, 5.41) is 13.0. The van der Waals surface area contributed by atoms with Gasteiger partial charge in [-0.05, 0) is 108 Å². The fraction of sp³-hybridized carbons (Fsp3) is 0.541. The number of nitrogens with zero attached hydrogens (tertiary/aromatic N) is 2. The van der Waals surface area contributed by atoms with Crippen LogP contribution in [0, 0.1) is 17.3 Å². The van der Waals surface area contributed by atoms with Crippen LogP contribution in [0.4, 0.5) is 10.5 Å². The molecule has 0 spiro atoms. The zero-order valence-corrected chi connectivity index (χ0v) is 29.7. The molecule has 2 fully saturated rings. The van der Waals surface area contributed by atoms with Gasteiger partial charge in [0.2, 0.25) is 0 Å². The molecule has 3 aliphatic carbocycles. The van der Waals surface area contributed by atoms with Crippen LogP contribution in [0.25, 0.3) is 10.8 Å². The summed E-state index contributed by atoms with van der Waals surface area (Å²) in [6.07, 6.45) is 5.98. The van der Waals surface area contributed by atoms with E-state index in [0.717, 1.165) is 51.6 Å². The fourth-order valence-electron chi connectivity index (χ4n) is 8.21. The van der Waals surface area contributed by atoms with Gasteiger partial charge < -0.3 is 19.6 Å². The number of carbonyl (C=O) groups excluding carboxylic acids is 1. The van der Waals surface area contributed by atoms with E-state index < -0.39 is 6.09 Å². The maximum Gasteiger partial charge on any atom is 0.415 e. The average Bonchev–Trinajstić information content (AvgIpc) is 3.38. The van der Waals surface area contributed by atoms with E-state index in [2.05, 4.69) is 60.4 Å². The van der Waals surface area contributed by atoms with Gasteiger partial charge in [0.25, 0.3) is 0 Å². The number of fused-ring (bicyclic) bond motifs is 6. The molecule has 0 saturated heterocycles. The molecule has 0 unspecified atom stereocenters. The number of aryl methyl sites for hydroxylation is 1. The lowest BCUT2D eigenvalue weighted by Gasteiger charge is -2.50. The number of hydrogen-bond acceptors (Lipinski definition) is 4. The van der Waals surface area contributed by atoms with Gasteiger partial charge in [-0.15, -0.1) is 46.4 Å². The third kappa shape index (κ3) is 7.87. The first kappa shape index (κ1) is 35.4. The molecule has 9 heteroatoms. The smallest absolute Gasteiger partial charge is 0.410 e. The topological polar surface area (TPSA) is 53.0 Å². The second-order valence-corrected chi connectivity index (χ2v) is 14.6. The Kier molecular flexibility index (Phi) is 12.7. The first-order chi connectivity index (χ1) is 22.3. The molecule has 0 heterocycles. The number of anilines is 1. The molecule has 5 atom stereocenters. The van der Waals surface area contributed by atoms with Crippen LogP contribution >= 0.6 is 46.4 Å². The Morgan fingerprint density at radius 1 is 0.848 bits per heavy atom. The second-order valence-electron chi connectivity index (χ2n) is 13.0. The SMILES string of the molecule is C[C@]12CC[C@@H]3c4ccc(OC(=O)N(CCCl)CCCl)cc4CC[C@H]3[C@@H]1CC[C@@H]2O.ClCCN(CCCl)c1ccc2ccccc2c1. The molecule has 2 saturated carbocycles. The van der Waals surface area contributed by atoms with Crippen molar-refractivity contribution in [1.82, 2.24) is 4.90 Å². The summed E-state index contributed by atoms with van der Waals surface area (Å²) in [7, 11) is 0. The third-order valence-electron chi connectivity index (χ3n) is 10.6. The predicted octanol–water partition coefficient (Wildman–Crippen LogP) is 9.31. The summed E-state index contributed by atoms with van der Waals surface area (Å²) in [5.41, 5.74) is 4.01. The van der Waals surface area contributed by atoms with E-state index in [0.29, 0.717) is 60.1 Å². The molecule has 0 aromatic heterocycles. The van der Waals surface area contributed by atoms with Crippen molar-refractivity contribution < 1.29 is 14.6 Å². The molecule has 3 aliphatic rings. The zero-order valence-electron chi connectivity index (χ0n) is 26.7. The van der Waals surface area contributed by atoms with Gasteiger partial charge in [-0.1, -0.05) is 43.3 Å². The third-order valence-corrected chi connectivity index (χ3v) is 11.3. The van der Waals surface area contributed by atoms with Crippen LogP contribution in [0.3, 0.4) is 0 Å². The number of amides is 1. The number of carbonyl (C=O) groups is 1. The van der Waals surface area contributed by atoms with Gasteiger partial charge in [0, 0.05) is 55.4 Å². The molecular formula is C37H46Cl4N2O3. The lowest BCUT2D eigenvalue weighted by atomic mass is 9.55. The highest BCUT2D eigenvalue weighted by Crippen LogP contribution is 2.60. The lowest BCUT2D eigenvalue weighted by Crippen LogP contribution is -2.43. The van der Waals surface area contributed by atoms with Gasteiger partial charge in [-0.25, -0.2) is 4.79 Å². The van der Waals surface area contributed by atoms with Crippen molar-refractivity contribution in [3.63, 3.8) is 0 Å². The molecule has 0 bridgehead atoms. The van der Waals surface area contributed by atoms with Crippen LogP contribution < -0.4 is 9.64 Å². The summed E-state index contributed by atoms with van der Waals surface area (Å²) in [6, 6.07) is 20.9. The molecule has 6 rings (SSSR count). The second kappa shape index (κ2) is 16.5. The first-order valence-electron chi connectivity index (χ1n) is 16.6. The Balaban J connectivity index is 0.000000209. The zero-order chi connectivity index (χ0) is 32.7. The Bertz CT molecular complexity index is 1450. The molecular weight excluding hydrogens is 662 g/mol. The Labute approximate surface area is 294 Å². The minimum Gasteiger partial charge on any atom is -0.410 e. The van der Waals surface area contributed by atoms with Gasteiger partial charge in [-0.2, -0.15) is 0 Å². The van der Waals surface area contributed by atoms with Crippen molar-refractivity contribution in [2.45, 2.75) is 57.5 Å². The van der Waals surface area contributed by atoms with E-state index in [1.54, 1.807) is 4.90 Å². The van der Waals surface area contributed by atoms with Crippen molar-refractivity contribution in [3.05, 3.63) is 71.8 Å². The largest absolute Gasteiger partial charge is 0.415 e. The van der Waals surface area contributed by atoms with E-state index in [1.165, 1.54) is 27.6 Å². The molecule has 0 aliphatic heterocycles. The van der Waals surface area contributed by atoms with Gasteiger partial charge in [-0.3, -0.25) is 0 Å². The van der Waals surface area contributed by atoms with Crippen molar-refractivity contribution in [3.8, 4) is 5.75 Å². The van der Waals surface area contributed by atoms with Gasteiger partial charge in [0.1, 0.15) is 5.75 Å². The number of benzene rings is 3. The maximum atomic E-state index is 12.4. The first-order valence-corrected chi connectivity index (χ1v) is 18.7. The number of rotatable bonds is 10. The number of aliphatic hydroxyl groups excluding tert-OH is 1. The molecule has 1 amide bonds. The molecule has 1 N–H and O–H groups in total. The van der Waals surface area contributed by atoms with E-state index >= 15 is 0 Å². The number of halogens is 4. The van der Waals surface area contributed by atoms with Crippen molar-refractivity contribution in [2.24, 2.45) is 17.3 Å².